The Hall–Kier alpha value is -2.85. The van der Waals surface area contributed by atoms with E-state index in [1.165, 1.54) is 47.8 Å². The van der Waals surface area contributed by atoms with Crippen LogP contribution in [0, 0.1) is 0 Å². The molecule has 0 spiro atoms. The van der Waals surface area contributed by atoms with Gasteiger partial charge in [0.05, 0.1) is 0 Å². The van der Waals surface area contributed by atoms with Crippen molar-refractivity contribution < 1.29 is 6.22 Å². The largest absolute Gasteiger partial charge is 0.324 e. The molecule has 2 heterocycles. The second-order valence-electron chi connectivity index (χ2n) is 8.98. The highest BCUT2D eigenvalue weighted by molar-refractivity contribution is 5.93. The van der Waals surface area contributed by atoms with E-state index < -0.39 is 0 Å². The Morgan fingerprint density at radius 3 is 2.35 bits per heavy atom. The summed E-state index contributed by atoms with van der Waals surface area (Å²) in [6.07, 6.45) is 4.69. The molecule has 2 amide bonds. The first-order chi connectivity index (χ1) is 15.2. The Bertz CT molecular complexity index is 1040. The number of carbonyl (C=O) groups excluding carboxylic acids is 1. The van der Waals surface area contributed by atoms with Crippen LogP contribution >= 0.6 is 0 Å². The minimum Gasteiger partial charge on any atom is -0.324 e. The van der Waals surface area contributed by atoms with Gasteiger partial charge in [0, 0.05) is 26.7 Å². The number of hydrogen-bond donors (Lipinski definition) is 1. The number of nitrogens with one attached hydrogen (secondary N) is 1. The number of piperidine rings is 1. The van der Waals surface area contributed by atoms with E-state index in [-0.39, 0.29) is 7.46 Å². The summed E-state index contributed by atoms with van der Waals surface area (Å²) in [4.78, 5) is 17.3. The van der Waals surface area contributed by atoms with Crippen LogP contribution in [0.2, 0.25) is 0 Å². The summed E-state index contributed by atoms with van der Waals surface area (Å²) in [6, 6.07) is 23.6. The van der Waals surface area contributed by atoms with Gasteiger partial charge in [0.2, 0.25) is 0 Å². The van der Waals surface area contributed by atoms with Crippen molar-refractivity contribution in [2.75, 3.05) is 31.5 Å². The van der Waals surface area contributed by atoms with Crippen molar-refractivity contribution in [3.63, 3.8) is 0 Å². The first kappa shape index (κ1) is 20.1. The lowest BCUT2D eigenvalue weighted by Crippen LogP contribution is -2.40. The standard InChI is InChI=1S/C27H31N3O.H2/c31-27(30-16-12-23(13-17-30)22-6-2-1-3-7-22)28-26-11-10-24-18-21(8-9-25(24)19-26)20-29-14-4-5-15-29;/h1-3,6-11,18-19,23H,4-5,12-17,20H2,(H,28,31);1H. The maximum absolute atomic E-state index is 12.8. The van der Waals surface area contributed by atoms with E-state index in [1.807, 2.05) is 11.0 Å². The van der Waals surface area contributed by atoms with E-state index in [2.05, 4.69) is 70.9 Å². The lowest BCUT2D eigenvalue weighted by atomic mass is 9.90. The van der Waals surface area contributed by atoms with Crippen LogP contribution in [0.1, 0.15) is 44.2 Å². The minimum absolute atomic E-state index is 0. The fourth-order valence-electron chi connectivity index (χ4n) is 5.01. The maximum atomic E-state index is 12.8. The van der Waals surface area contributed by atoms with E-state index >= 15 is 0 Å². The van der Waals surface area contributed by atoms with Crippen molar-refractivity contribution in [2.45, 2.75) is 38.1 Å². The highest BCUT2D eigenvalue weighted by atomic mass is 16.2. The summed E-state index contributed by atoms with van der Waals surface area (Å²) in [5, 5.41) is 5.52. The zero-order valence-corrected chi connectivity index (χ0v) is 18.1. The smallest absolute Gasteiger partial charge is 0.321 e. The number of amides is 2. The molecule has 0 aromatic heterocycles. The SMILES string of the molecule is O=C(Nc1ccc2cc(CN3CCCC3)ccc2c1)N1CCC(c2ccccc2)CC1.[HH]. The van der Waals surface area contributed by atoms with Crippen molar-refractivity contribution in [3.8, 4) is 0 Å². The maximum Gasteiger partial charge on any atom is 0.321 e. The first-order valence-corrected chi connectivity index (χ1v) is 11.6. The van der Waals surface area contributed by atoms with Crippen LogP contribution in [0.15, 0.2) is 66.7 Å². The topological polar surface area (TPSA) is 35.6 Å². The van der Waals surface area contributed by atoms with E-state index in [1.54, 1.807) is 0 Å². The quantitative estimate of drug-likeness (QED) is 0.559. The van der Waals surface area contributed by atoms with Crippen LogP contribution in [-0.2, 0) is 6.54 Å². The molecule has 0 saturated carbocycles. The zero-order chi connectivity index (χ0) is 21.0. The molecular formula is C27H33N3O. The number of carbonyl (C=O) groups is 1. The number of likely N-dealkylation sites (tertiary alicyclic amines) is 2. The summed E-state index contributed by atoms with van der Waals surface area (Å²) < 4.78 is 0. The number of anilines is 1. The molecule has 2 aliphatic heterocycles. The van der Waals surface area contributed by atoms with Gasteiger partial charge in [-0.15, -0.1) is 0 Å². The number of fused-ring (bicyclic) bond motifs is 1. The highest BCUT2D eigenvalue weighted by Gasteiger charge is 2.23. The lowest BCUT2D eigenvalue weighted by molar-refractivity contribution is 0.194. The van der Waals surface area contributed by atoms with Crippen LogP contribution in [0.25, 0.3) is 10.8 Å². The van der Waals surface area contributed by atoms with Gasteiger partial charge >= 0.3 is 6.03 Å². The molecule has 0 unspecified atom stereocenters. The van der Waals surface area contributed by atoms with Crippen molar-refractivity contribution in [2.24, 2.45) is 0 Å². The Labute approximate surface area is 186 Å². The zero-order valence-electron chi connectivity index (χ0n) is 18.1. The second-order valence-corrected chi connectivity index (χ2v) is 8.98. The predicted octanol–water partition coefficient (Wildman–Crippen LogP) is 6.09. The summed E-state index contributed by atoms with van der Waals surface area (Å²) >= 11 is 0. The van der Waals surface area contributed by atoms with Crippen molar-refractivity contribution in [3.05, 3.63) is 77.9 Å². The third kappa shape index (κ3) is 4.75. The number of rotatable bonds is 4. The molecule has 0 radical (unpaired) electrons. The monoisotopic (exact) mass is 415 g/mol. The van der Waals surface area contributed by atoms with E-state index in [0.717, 1.165) is 38.2 Å². The fourth-order valence-corrected chi connectivity index (χ4v) is 5.01. The molecule has 3 aromatic carbocycles. The van der Waals surface area contributed by atoms with E-state index in [4.69, 9.17) is 0 Å². The highest BCUT2D eigenvalue weighted by Crippen LogP contribution is 2.28. The normalized spacial score (nSPS) is 17.9. The van der Waals surface area contributed by atoms with Gasteiger partial charge < -0.3 is 10.2 Å². The van der Waals surface area contributed by atoms with Crippen LogP contribution in [0.4, 0.5) is 10.5 Å². The summed E-state index contributed by atoms with van der Waals surface area (Å²) in [5.74, 6) is 0.556. The Kier molecular flexibility index (Phi) is 5.90. The number of hydrogen-bond acceptors (Lipinski definition) is 2. The third-order valence-corrected chi connectivity index (χ3v) is 6.81. The van der Waals surface area contributed by atoms with Gasteiger partial charge in [0.1, 0.15) is 0 Å². The van der Waals surface area contributed by atoms with Crippen molar-refractivity contribution in [1.29, 1.82) is 0 Å². The minimum atomic E-state index is 0. The molecule has 2 saturated heterocycles. The second kappa shape index (κ2) is 9.11. The van der Waals surface area contributed by atoms with Gasteiger partial charge in [-0.2, -0.15) is 0 Å². The first-order valence-electron chi connectivity index (χ1n) is 11.6. The molecular weight excluding hydrogens is 382 g/mol. The van der Waals surface area contributed by atoms with Gasteiger partial charge in [-0.05, 0) is 84.8 Å². The average molecular weight is 416 g/mol. The van der Waals surface area contributed by atoms with Gasteiger partial charge in [0.25, 0.3) is 0 Å². The van der Waals surface area contributed by atoms with Gasteiger partial charge in [-0.25, -0.2) is 4.79 Å². The summed E-state index contributed by atoms with van der Waals surface area (Å²) in [7, 11) is 0. The van der Waals surface area contributed by atoms with Crippen LogP contribution in [-0.4, -0.2) is 42.0 Å². The molecule has 1 N–H and O–H groups in total. The van der Waals surface area contributed by atoms with Gasteiger partial charge in [-0.1, -0.05) is 48.5 Å². The van der Waals surface area contributed by atoms with Gasteiger partial charge in [-0.3, -0.25) is 4.90 Å². The fraction of sp³-hybridized carbons (Fsp3) is 0.370. The van der Waals surface area contributed by atoms with Gasteiger partial charge in [0.15, 0.2) is 0 Å². The average Bonchev–Trinajstić information content (AvgIpc) is 3.33. The number of benzene rings is 3. The molecule has 0 bridgehead atoms. The Morgan fingerprint density at radius 1 is 0.871 bits per heavy atom. The molecule has 4 nitrogen and oxygen atoms in total. The van der Waals surface area contributed by atoms with Crippen molar-refractivity contribution >= 4 is 22.5 Å². The third-order valence-electron chi connectivity index (χ3n) is 6.81. The number of urea groups is 1. The molecule has 0 aliphatic carbocycles. The molecule has 31 heavy (non-hydrogen) atoms. The van der Waals surface area contributed by atoms with Crippen molar-refractivity contribution in [1.82, 2.24) is 9.80 Å². The van der Waals surface area contributed by atoms with Crippen LogP contribution in [0.5, 0.6) is 0 Å². The predicted molar refractivity (Wildman–Crippen MR) is 130 cm³/mol. The molecule has 4 heteroatoms. The van der Waals surface area contributed by atoms with E-state index in [9.17, 15) is 4.79 Å². The van der Waals surface area contributed by atoms with Crippen LogP contribution in [0.3, 0.4) is 0 Å². The summed E-state index contributed by atoms with van der Waals surface area (Å²) in [5.41, 5.74) is 3.63. The lowest BCUT2D eigenvalue weighted by Gasteiger charge is -2.32. The number of nitrogens with zero attached hydrogens (tertiary/aromatic N) is 2. The van der Waals surface area contributed by atoms with E-state index in [0.29, 0.717) is 5.92 Å². The summed E-state index contributed by atoms with van der Waals surface area (Å²) in [6.45, 7) is 5.07. The molecule has 2 fully saturated rings. The molecule has 2 aliphatic rings. The molecule has 162 valence electrons. The molecule has 5 rings (SSSR count). The molecule has 3 aromatic rings. The Balaban J connectivity index is 0.00000245. The molecule has 0 atom stereocenters. The van der Waals surface area contributed by atoms with Crippen LogP contribution < -0.4 is 5.32 Å². The Morgan fingerprint density at radius 2 is 1.58 bits per heavy atom.